The van der Waals surface area contributed by atoms with Crippen LogP contribution in [0.25, 0.3) is 6.08 Å². The molecule has 1 N–H and O–H groups in total. The Morgan fingerprint density at radius 1 is 1.53 bits per heavy atom. The fraction of sp³-hybridized carbons (Fsp3) is 0.231. The third kappa shape index (κ3) is 3.20. The Balaban J connectivity index is 2.01. The summed E-state index contributed by atoms with van der Waals surface area (Å²) in [5.41, 5.74) is 2.98. The minimum absolute atomic E-state index is 0.0493. The zero-order chi connectivity index (χ0) is 12.3. The van der Waals surface area contributed by atoms with Crippen molar-refractivity contribution < 1.29 is 9.59 Å². The van der Waals surface area contributed by atoms with E-state index in [4.69, 9.17) is 0 Å². The number of rotatable bonds is 3. The fourth-order valence-electron chi connectivity index (χ4n) is 1.69. The van der Waals surface area contributed by atoms with Gasteiger partial charge in [0.25, 0.3) is 0 Å². The molecule has 0 saturated heterocycles. The van der Waals surface area contributed by atoms with Crippen LogP contribution in [0, 0.1) is 0 Å². The highest BCUT2D eigenvalue weighted by Crippen LogP contribution is 2.24. The van der Waals surface area contributed by atoms with Crippen LogP contribution < -0.4 is 5.32 Å². The van der Waals surface area contributed by atoms with Gasteiger partial charge in [-0.15, -0.1) is 0 Å². The molecule has 88 valence electrons. The van der Waals surface area contributed by atoms with Gasteiger partial charge < -0.3 is 5.32 Å². The molecular weight excluding hydrogens is 234 g/mol. The van der Waals surface area contributed by atoms with Crippen molar-refractivity contribution in [2.24, 2.45) is 0 Å². The number of anilines is 1. The van der Waals surface area contributed by atoms with E-state index in [9.17, 15) is 9.59 Å². The quantitative estimate of drug-likeness (QED) is 0.892. The molecule has 1 amide bonds. The van der Waals surface area contributed by atoms with Crippen molar-refractivity contribution in [1.29, 1.82) is 0 Å². The van der Waals surface area contributed by atoms with Crippen molar-refractivity contribution in [1.82, 2.24) is 0 Å². The van der Waals surface area contributed by atoms with Crippen LogP contribution >= 0.6 is 11.8 Å². The molecule has 0 atom stereocenters. The topological polar surface area (TPSA) is 46.2 Å². The van der Waals surface area contributed by atoms with E-state index in [1.165, 1.54) is 11.8 Å². The van der Waals surface area contributed by atoms with Gasteiger partial charge in [-0.25, -0.2) is 0 Å². The summed E-state index contributed by atoms with van der Waals surface area (Å²) in [7, 11) is 0. The molecule has 0 bridgehead atoms. The molecule has 1 aliphatic rings. The van der Waals surface area contributed by atoms with Gasteiger partial charge in [0.05, 0.1) is 6.42 Å². The minimum atomic E-state index is 0.0493. The van der Waals surface area contributed by atoms with E-state index in [1.807, 2.05) is 30.4 Å². The lowest BCUT2D eigenvalue weighted by Gasteiger charge is -1.99. The summed E-state index contributed by atoms with van der Waals surface area (Å²) in [6.07, 6.45) is 4.38. The third-order valence-electron chi connectivity index (χ3n) is 2.45. The van der Waals surface area contributed by atoms with Crippen LogP contribution in [0.1, 0.15) is 18.1 Å². The molecule has 2 rings (SSSR count). The molecule has 0 saturated carbocycles. The molecule has 0 aromatic heterocycles. The first-order valence-electron chi connectivity index (χ1n) is 5.38. The van der Waals surface area contributed by atoms with Crippen LogP contribution in [0.15, 0.2) is 24.3 Å². The fourth-order valence-corrected chi connectivity index (χ4v) is 2.11. The second-order valence-electron chi connectivity index (χ2n) is 3.85. The predicted octanol–water partition coefficient (Wildman–Crippen LogP) is 2.47. The number of thioether (sulfide) groups is 1. The van der Waals surface area contributed by atoms with Crippen LogP contribution in [0.5, 0.6) is 0 Å². The van der Waals surface area contributed by atoms with Crippen LogP contribution in [0.2, 0.25) is 0 Å². The lowest BCUT2D eigenvalue weighted by atomic mass is 10.1. The van der Waals surface area contributed by atoms with Crippen molar-refractivity contribution in [3.05, 3.63) is 35.4 Å². The number of nitrogens with one attached hydrogen (secondary N) is 1. The lowest BCUT2D eigenvalue weighted by Crippen LogP contribution is -2.03. The highest BCUT2D eigenvalue weighted by Gasteiger charge is 2.16. The molecule has 0 aliphatic carbocycles. The molecule has 1 aromatic rings. The van der Waals surface area contributed by atoms with Crippen LogP contribution in [0.4, 0.5) is 5.69 Å². The van der Waals surface area contributed by atoms with Crippen molar-refractivity contribution in [3.8, 4) is 0 Å². The van der Waals surface area contributed by atoms with E-state index in [2.05, 4.69) is 5.32 Å². The zero-order valence-electron chi connectivity index (χ0n) is 9.53. The first-order chi connectivity index (χ1) is 8.15. The SMILES string of the molecule is CC(=O)SCC=Cc1ccc2c(c1)NC(=O)C2. The van der Waals surface area contributed by atoms with E-state index in [0.29, 0.717) is 12.2 Å². The normalized spacial score (nSPS) is 13.8. The largest absolute Gasteiger partial charge is 0.326 e. The molecule has 1 aromatic carbocycles. The molecule has 0 unspecified atom stereocenters. The Bertz CT molecular complexity index is 494. The maximum absolute atomic E-state index is 11.2. The molecular formula is C13H13NO2S. The molecule has 0 fully saturated rings. The number of carbonyl (C=O) groups is 2. The van der Waals surface area contributed by atoms with Gasteiger partial charge >= 0.3 is 0 Å². The number of hydrogen-bond donors (Lipinski definition) is 1. The highest BCUT2D eigenvalue weighted by molar-refractivity contribution is 8.13. The smallest absolute Gasteiger partial charge is 0.228 e. The summed E-state index contributed by atoms with van der Waals surface area (Å²) >= 11 is 1.28. The van der Waals surface area contributed by atoms with Crippen molar-refractivity contribution in [2.45, 2.75) is 13.3 Å². The van der Waals surface area contributed by atoms with E-state index in [-0.39, 0.29) is 11.0 Å². The summed E-state index contributed by atoms with van der Waals surface area (Å²) < 4.78 is 0. The van der Waals surface area contributed by atoms with E-state index in [1.54, 1.807) is 6.92 Å². The first kappa shape index (κ1) is 11.9. The summed E-state index contributed by atoms with van der Waals surface area (Å²) in [6.45, 7) is 1.56. The second kappa shape index (κ2) is 5.19. The Hall–Kier alpha value is -1.55. The van der Waals surface area contributed by atoms with Gasteiger partial charge in [-0.05, 0) is 17.2 Å². The molecule has 4 heteroatoms. The molecule has 0 spiro atoms. The van der Waals surface area contributed by atoms with Gasteiger partial charge in [-0.2, -0.15) is 0 Å². The molecule has 0 radical (unpaired) electrons. The predicted molar refractivity (Wildman–Crippen MR) is 70.9 cm³/mol. The Morgan fingerprint density at radius 2 is 2.35 bits per heavy atom. The van der Waals surface area contributed by atoms with Crippen molar-refractivity contribution in [2.75, 3.05) is 11.1 Å². The number of carbonyl (C=O) groups excluding carboxylic acids is 2. The average Bonchev–Trinajstić information content (AvgIpc) is 2.63. The van der Waals surface area contributed by atoms with Crippen molar-refractivity contribution in [3.63, 3.8) is 0 Å². The average molecular weight is 247 g/mol. The summed E-state index contributed by atoms with van der Waals surface area (Å²) in [4.78, 5) is 21.9. The Morgan fingerprint density at radius 3 is 3.12 bits per heavy atom. The maximum Gasteiger partial charge on any atom is 0.228 e. The molecule has 17 heavy (non-hydrogen) atoms. The highest BCUT2D eigenvalue weighted by atomic mass is 32.2. The van der Waals surface area contributed by atoms with E-state index >= 15 is 0 Å². The number of fused-ring (bicyclic) bond motifs is 1. The first-order valence-corrected chi connectivity index (χ1v) is 6.36. The van der Waals surface area contributed by atoms with E-state index in [0.717, 1.165) is 16.8 Å². The van der Waals surface area contributed by atoms with Gasteiger partial charge in [-0.1, -0.05) is 36.0 Å². The standard InChI is InChI=1S/C13H13NO2S/c1-9(15)17-6-2-3-10-4-5-11-8-13(16)14-12(11)7-10/h2-5,7H,6,8H2,1H3,(H,14,16). The third-order valence-corrected chi connectivity index (χ3v) is 3.22. The Labute approximate surface area is 104 Å². The monoisotopic (exact) mass is 247 g/mol. The number of hydrogen-bond acceptors (Lipinski definition) is 3. The van der Waals surface area contributed by atoms with Gasteiger partial charge in [0.2, 0.25) is 5.91 Å². The van der Waals surface area contributed by atoms with Gasteiger partial charge in [0.1, 0.15) is 0 Å². The van der Waals surface area contributed by atoms with Gasteiger partial charge in [0.15, 0.2) is 5.12 Å². The number of benzene rings is 1. The number of amides is 1. The van der Waals surface area contributed by atoms with Crippen LogP contribution in [-0.4, -0.2) is 16.8 Å². The molecule has 3 nitrogen and oxygen atoms in total. The van der Waals surface area contributed by atoms with Gasteiger partial charge in [-0.3, -0.25) is 9.59 Å². The molecule has 1 heterocycles. The Kier molecular flexibility index (Phi) is 3.64. The second-order valence-corrected chi connectivity index (χ2v) is 5.04. The lowest BCUT2D eigenvalue weighted by molar-refractivity contribution is -0.115. The van der Waals surface area contributed by atoms with Crippen LogP contribution in [0.3, 0.4) is 0 Å². The van der Waals surface area contributed by atoms with Crippen LogP contribution in [-0.2, 0) is 16.0 Å². The van der Waals surface area contributed by atoms with Crippen molar-refractivity contribution >= 4 is 34.5 Å². The zero-order valence-corrected chi connectivity index (χ0v) is 10.3. The van der Waals surface area contributed by atoms with Gasteiger partial charge in [0, 0.05) is 18.4 Å². The molecule has 1 aliphatic heterocycles. The minimum Gasteiger partial charge on any atom is -0.326 e. The maximum atomic E-state index is 11.2. The summed E-state index contributed by atoms with van der Waals surface area (Å²) in [5.74, 6) is 0.729. The van der Waals surface area contributed by atoms with E-state index < -0.39 is 0 Å². The summed E-state index contributed by atoms with van der Waals surface area (Å²) in [5, 5.41) is 2.94. The summed E-state index contributed by atoms with van der Waals surface area (Å²) in [6, 6.07) is 5.90.